The van der Waals surface area contributed by atoms with E-state index in [-0.39, 0.29) is 5.91 Å². The first-order valence-corrected chi connectivity index (χ1v) is 11.0. The normalized spacial score (nSPS) is 18.1. The fourth-order valence-electron chi connectivity index (χ4n) is 3.86. The monoisotopic (exact) mass is 466 g/mol. The van der Waals surface area contributed by atoms with Crippen LogP contribution in [0, 0.1) is 12.8 Å². The highest BCUT2D eigenvalue weighted by Crippen LogP contribution is 2.32. The van der Waals surface area contributed by atoms with Crippen LogP contribution in [0.3, 0.4) is 0 Å². The number of nitrogens with zero attached hydrogens (tertiary/aromatic N) is 3. The van der Waals surface area contributed by atoms with Crippen LogP contribution in [0.15, 0.2) is 36.5 Å². The summed E-state index contributed by atoms with van der Waals surface area (Å²) in [5.74, 6) is -1.90. The number of amides is 1. The van der Waals surface area contributed by atoms with Crippen molar-refractivity contribution in [2.45, 2.75) is 57.9 Å². The number of hydrogen-bond acceptors (Lipinski definition) is 4. The Bertz CT molecular complexity index is 956. The van der Waals surface area contributed by atoms with E-state index in [2.05, 4.69) is 57.3 Å². The minimum Gasteiger partial charge on any atom is -0.475 e. The van der Waals surface area contributed by atoms with E-state index < -0.39 is 12.1 Å². The number of alkyl halides is 3. The molecule has 1 atom stereocenters. The molecular formula is C23H29F3N4O3. The van der Waals surface area contributed by atoms with Crippen LogP contribution in [-0.2, 0) is 22.7 Å². The van der Waals surface area contributed by atoms with Gasteiger partial charge in [0.15, 0.2) is 0 Å². The largest absolute Gasteiger partial charge is 0.490 e. The first-order valence-electron chi connectivity index (χ1n) is 11.0. The zero-order valence-corrected chi connectivity index (χ0v) is 18.5. The summed E-state index contributed by atoms with van der Waals surface area (Å²) in [5.41, 5.74) is 3.99. The third-order valence-corrected chi connectivity index (χ3v) is 5.82. The van der Waals surface area contributed by atoms with E-state index in [0.29, 0.717) is 18.4 Å². The molecule has 1 amide bonds. The van der Waals surface area contributed by atoms with E-state index in [1.807, 2.05) is 6.20 Å². The molecule has 1 saturated carbocycles. The minimum atomic E-state index is -5.08. The van der Waals surface area contributed by atoms with Crippen molar-refractivity contribution in [3.63, 3.8) is 0 Å². The maximum absolute atomic E-state index is 11.9. The number of aliphatic carboxylic acids is 1. The lowest BCUT2D eigenvalue weighted by Crippen LogP contribution is -2.39. The molecule has 1 aliphatic heterocycles. The molecule has 4 rings (SSSR count). The van der Waals surface area contributed by atoms with Crippen LogP contribution in [0.25, 0.3) is 0 Å². The molecule has 2 N–H and O–H groups in total. The van der Waals surface area contributed by atoms with E-state index in [0.717, 1.165) is 32.6 Å². The van der Waals surface area contributed by atoms with E-state index >= 15 is 0 Å². The summed E-state index contributed by atoms with van der Waals surface area (Å²) in [7, 11) is 0. The summed E-state index contributed by atoms with van der Waals surface area (Å²) in [6, 6.07) is 11.0. The van der Waals surface area contributed by atoms with E-state index in [1.54, 1.807) is 0 Å². The first-order chi connectivity index (χ1) is 15.6. The van der Waals surface area contributed by atoms with Gasteiger partial charge in [0.2, 0.25) is 5.91 Å². The van der Waals surface area contributed by atoms with Crippen molar-refractivity contribution >= 4 is 11.9 Å². The van der Waals surface area contributed by atoms with Gasteiger partial charge in [-0.1, -0.05) is 24.3 Å². The van der Waals surface area contributed by atoms with E-state index in [1.165, 1.54) is 29.7 Å². The van der Waals surface area contributed by atoms with Crippen LogP contribution in [0.2, 0.25) is 0 Å². The predicted molar refractivity (Wildman–Crippen MR) is 115 cm³/mol. The Kier molecular flexibility index (Phi) is 8.12. The minimum absolute atomic E-state index is 0.209. The zero-order chi connectivity index (χ0) is 24.0. The molecule has 0 saturated heterocycles. The molecule has 10 heteroatoms. The number of carboxylic acids is 1. The van der Waals surface area contributed by atoms with Crippen molar-refractivity contribution in [2.24, 2.45) is 5.92 Å². The van der Waals surface area contributed by atoms with Crippen molar-refractivity contribution in [3.05, 3.63) is 53.3 Å². The number of carbonyl (C=O) groups excluding carboxylic acids is 1. The maximum atomic E-state index is 11.9. The van der Waals surface area contributed by atoms with Crippen molar-refractivity contribution in [1.29, 1.82) is 0 Å². The first kappa shape index (κ1) is 24.8. The molecule has 0 radical (unpaired) electrons. The van der Waals surface area contributed by atoms with Crippen molar-refractivity contribution in [1.82, 2.24) is 20.0 Å². The van der Waals surface area contributed by atoms with E-state index in [4.69, 9.17) is 9.90 Å². The topological polar surface area (TPSA) is 87.5 Å². The lowest BCUT2D eigenvalue weighted by molar-refractivity contribution is -0.192. The Labute approximate surface area is 190 Å². The van der Waals surface area contributed by atoms with Gasteiger partial charge in [0, 0.05) is 38.8 Å². The molecule has 2 heterocycles. The van der Waals surface area contributed by atoms with Gasteiger partial charge >= 0.3 is 12.1 Å². The van der Waals surface area contributed by atoms with Crippen LogP contribution in [0.4, 0.5) is 13.2 Å². The number of hydrogen-bond donors (Lipinski definition) is 2. The van der Waals surface area contributed by atoms with Gasteiger partial charge in [-0.05, 0) is 49.3 Å². The molecule has 7 nitrogen and oxygen atoms in total. The van der Waals surface area contributed by atoms with Gasteiger partial charge in [-0.15, -0.1) is 0 Å². The third-order valence-electron chi connectivity index (χ3n) is 5.82. The second-order valence-electron chi connectivity index (χ2n) is 8.61. The molecule has 1 aromatic carbocycles. The van der Waals surface area contributed by atoms with E-state index in [9.17, 15) is 18.0 Å². The highest BCUT2D eigenvalue weighted by molar-refractivity contribution is 5.76. The average Bonchev–Trinajstić information content (AvgIpc) is 3.42. The smallest absolute Gasteiger partial charge is 0.475 e. The van der Waals surface area contributed by atoms with Crippen LogP contribution in [-0.4, -0.2) is 50.9 Å². The molecule has 1 aromatic heterocycles. The molecule has 0 bridgehead atoms. The lowest BCUT2D eigenvalue weighted by Gasteiger charge is -2.34. The Morgan fingerprint density at radius 3 is 2.55 bits per heavy atom. The number of halogens is 3. The van der Waals surface area contributed by atoms with Gasteiger partial charge in [-0.2, -0.15) is 18.3 Å². The molecule has 1 aliphatic carbocycles. The Morgan fingerprint density at radius 1 is 1.21 bits per heavy atom. The molecule has 0 spiro atoms. The molecule has 2 aliphatic rings. The second-order valence-corrected chi connectivity index (χ2v) is 8.61. The maximum Gasteiger partial charge on any atom is 0.490 e. The number of benzene rings is 1. The van der Waals surface area contributed by atoms with Crippen LogP contribution >= 0.6 is 0 Å². The number of nitrogens with one attached hydrogen (secondary N) is 1. The highest BCUT2D eigenvalue weighted by atomic mass is 19.4. The zero-order valence-electron chi connectivity index (χ0n) is 18.5. The Hall–Kier alpha value is -2.88. The van der Waals surface area contributed by atoms with Gasteiger partial charge in [0.25, 0.3) is 0 Å². The summed E-state index contributed by atoms with van der Waals surface area (Å²) in [6.45, 7) is 5.77. The fraction of sp³-hybridized carbons (Fsp3) is 0.522. The SMILES string of the molecule is Cc1ccccc1CN1Cc2ccnn2C(CCNC(=O)CC2CC2)C1.O=C(O)C(F)(F)F. The van der Waals surface area contributed by atoms with Gasteiger partial charge in [0.05, 0.1) is 11.7 Å². The number of fused-ring (bicyclic) bond motifs is 1. The molecular weight excluding hydrogens is 437 g/mol. The number of rotatable bonds is 7. The summed E-state index contributed by atoms with van der Waals surface area (Å²) in [6.07, 6.45) is 0.888. The molecule has 33 heavy (non-hydrogen) atoms. The summed E-state index contributed by atoms with van der Waals surface area (Å²) >= 11 is 0. The Balaban J connectivity index is 0.000000383. The summed E-state index contributed by atoms with van der Waals surface area (Å²) in [4.78, 5) is 23.3. The number of aryl methyl sites for hydroxylation is 1. The number of carbonyl (C=O) groups is 2. The predicted octanol–water partition coefficient (Wildman–Crippen LogP) is 3.69. The average molecular weight is 467 g/mol. The number of aromatic nitrogens is 2. The summed E-state index contributed by atoms with van der Waals surface area (Å²) in [5, 5.41) is 14.8. The Morgan fingerprint density at radius 2 is 1.91 bits per heavy atom. The van der Waals surface area contributed by atoms with Gasteiger partial charge in [-0.25, -0.2) is 4.79 Å². The lowest BCUT2D eigenvalue weighted by atomic mass is 10.1. The van der Waals surface area contributed by atoms with Crippen molar-refractivity contribution in [3.8, 4) is 0 Å². The van der Waals surface area contributed by atoms with Gasteiger partial charge < -0.3 is 10.4 Å². The van der Waals surface area contributed by atoms with Crippen molar-refractivity contribution < 1.29 is 27.9 Å². The van der Waals surface area contributed by atoms with Crippen LogP contribution < -0.4 is 5.32 Å². The van der Waals surface area contributed by atoms with Gasteiger partial charge in [0.1, 0.15) is 0 Å². The standard InChI is InChI=1S/C21H28N4O.C2HF3O2/c1-16-4-2-3-5-18(16)13-24-14-19(25-20(15-24)9-11-23-25)8-10-22-21(26)12-17-6-7-17;3-2(4,5)1(6)7/h2-5,9,11,17,19H,6-8,10,12-15H2,1H3,(H,22,26);(H,6,7). The molecule has 2 aromatic rings. The van der Waals surface area contributed by atoms with Crippen LogP contribution in [0.1, 0.15) is 48.5 Å². The summed E-state index contributed by atoms with van der Waals surface area (Å²) < 4.78 is 33.9. The fourth-order valence-corrected chi connectivity index (χ4v) is 3.86. The molecule has 1 unspecified atom stereocenters. The molecule has 180 valence electrons. The quantitative estimate of drug-likeness (QED) is 0.650. The third kappa shape index (κ3) is 7.59. The second kappa shape index (κ2) is 10.8. The van der Waals surface area contributed by atoms with Crippen molar-refractivity contribution in [2.75, 3.05) is 13.1 Å². The number of carboxylic acid groups (broad SMARTS) is 1. The molecule has 1 fully saturated rings. The van der Waals surface area contributed by atoms with Crippen LogP contribution in [0.5, 0.6) is 0 Å². The van der Waals surface area contributed by atoms with Gasteiger partial charge in [-0.3, -0.25) is 14.4 Å². The highest BCUT2D eigenvalue weighted by Gasteiger charge is 2.38.